The number of fused-ring (bicyclic) bond motifs is 6. The van der Waals surface area contributed by atoms with Gasteiger partial charge in [0.2, 0.25) is 0 Å². The van der Waals surface area contributed by atoms with Gasteiger partial charge in [0.05, 0.1) is 0 Å². The van der Waals surface area contributed by atoms with Crippen molar-refractivity contribution in [3.63, 3.8) is 0 Å². The standard InChI is InChI=1S/C38H26N2O2/c39-24-28(38(41)42)9-5-6-25-12-14-31(15-13-25)40(32-16-18-36-29(22-32)20-26-7-1-3-10-34(26)36)33-17-19-37-30(23-33)21-27-8-2-4-11-35(27)37/h1-19,22-23H,20-21H2,(H,41,42)/b6-5+,28-9+. The molecule has 200 valence electrons. The van der Waals surface area contributed by atoms with E-state index in [1.165, 1.54) is 50.6 Å². The van der Waals surface area contributed by atoms with Crippen LogP contribution in [-0.2, 0) is 17.6 Å². The molecule has 4 nitrogen and oxygen atoms in total. The largest absolute Gasteiger partial charge is 0.477 e. The third-order valence-corrected chi connectivity index (χ3v) is 8.12. The van der Waals surface area contributed by atoms with Crippen LogP contribution in [0.1, 0.15) is 27.8 Å². The number of nitriles is 1. The van der Waals surface area contributed by atoms with Crippen molar-refractivity contribution >= 4 is 29.1 Å². The maximum Gasteiger partial charge on any atom is 0.346 e. The molecule has 0 saturated heterocycles. The molecule has 7 rings (SSSR count). The van der Waals surface area contributed by atoms with Gasteiger partial charge in [-0.05, 0) is 105 Å². The fourth-order valence-corrected chi connectivity index (χ4v) is 6.13. The quantitative estimate of drug-likeness (QED) is 0.130. The first kappa shape index (κ1) is 25.3. The summed E-state index contributed by atoms with van der Waals surface area (Å²) in [5.74, 6) is -1.23. The van der Waals surface area contributed by atoms with Crippen LogP contribution in [0.4, 0.5) is 17.1 Å². The normalized spacial score (nSPS) is 12.8. The minimum absolute atomic E-state index is 0.299. The minimum atomic E-state index is -1.23. The van der Waals surface area contributed by atoms with E-state index in [0.717, 1.165) is 35.5 Å². The monoisotopic (exact) mass is 542 g/mol. The molecular weight excluding hydrogens is 516 g/mol. The number of allylic oxidation sites excluding steroid dienone is 2. The molecule has 2 aliphatic rings. The van der Waals surface area contributed by atoms with Gasteiger partial charge in [-0.2, -0.15) is 5.26 Å². The number of nitrogens with zero attached hydrogens (tertiary/aromatic N) is 2. The molecule has 0 atom stereocenters. The molecule has 0 saturated carbocycles. The van der Waals surface area contributed by atoms with Crippen molar-refractivity contribution in [3.05, 3.63) is 155 Å². The molecule has 0 bridgehead atoms. The first-order chi connectivity index (χ1) is 20.6. The Morgan fingerprint density at radius 1 is 0.667 bits per heavy atom. The molecule has 42 heavy (non-hydrogen) atoms. The first-order valence-electron chi connectivity index (χ1n) is 13.9. The number of carbonyl (C=O) groups is 1. The van der Waals surface area contributed by atoms with E-state index < -0.39 is 5.97 Å². The highest BCUT2D eigenvalue weighted by molar-refractivity contribution is 5.91. The number of hydrogen-bond acceptors (Lipinski definition) is 3. The van der Waals surface area contributed by atoms with E-state index in [2.05, 4.69) is 102 Å². The second-order valence-corrected chi connectivity index (χ2v) is 10.6. The Labute approximate surface area is 244 Å². The van der Waals surface area contributed by atoms with Gasteiger partial charge >= 0.3 is 5.97 Å². The van der Waals surface area contributed by atoms with Crippen molar-refractivity contribution in [1.29, 1.82) is 5.26 Å². The zero-order valence-corrected chi connectivity index (χ0v) is 22.8. The summed E-state index contributed by atoms with van der Waals surface area (Å²) in [6.45, 7) is 0. The number of anilines is 3. The summed E-state index contributed by atoms with van der Waals surface area (Å²) in [5.41, 5.74) is 14.4. The van der Waals surface area contributed by atoms with Crippen molar-refractivity contribution in [2.24, 2.45) is 0 Å². The van der Waals surface area contributed by atoms with Crippen molar-refractivity contribution in [2.45, 2.75) is 12.8 Å². The Morgan fingerprint density at radius 3 is 1.69 bits per heavy atom. The molecule has 0 aliphatic heterocycles. The molecule has 2 aliphatic carbocycles. The molecule has 1 N–H and O–H groups in total. The minimum Gasteiger partial charge on any atom is -0.477 e. The van der Waals surface area contributed by atoms with Gasteiger partial charge in [0.1, 0.15) is 11.6 Å². The smallest absolute Gasteiger partial charge is 0.346 e. The second kappa shape index (κ2) is 10.4. The lowest BCUT2D eigenvalue weighted by Gasteiger charge is -2.27. The number of aliphatic carboxylic acids is 1. The van der Waals surface area contributed by atoms with Gasteiger partial charge in [-0.3, -0.25) is 0 Å². The van der Waals surface area contributed by atoms with Crippen LogP contribution < -0.4 is 4.90 Å². The molecule has 5 aromatic carbocycles. The van der Waals surface area contributed by atoms with E-state index in [9.17, 15) is 4.79 Å². The Balaban J connectivity index is 1.28. The van der Waals surface area contributed by atoms with Crippen LogP contribution in [0.2, 0.25) is 0 Å². The van der Waals surface area contributed by atoms with Gasteiger partial charge < -0.3 is 10.0 Å². The third kappa shape index (κ3) is 4.48. The summed E-state index contributed by atoms with van der Waals surface area (Å²) in [7, 11) is 0. The van der Waals surface area contributed by atoms with E-state index in [4.69, 9.17) is 10.4 Å². The molecule has 0 fully saturated rings. The maximum atomic E-state index is 11.1. The predicted octanol–water partition coefficient (Wildman–Crippen LogP) is 8.85. The topological polar surface area (TPSA) is 64.3 Å². The summed E-state index contributed by atoms with van der Waals surface area (Å²) in [5, 5.41) is 18.1. The molecule has 0 aromatic heterocycles. The number of hydrogen-bond donors (Lipinski definition) is 1. The second-order valence-electron chi connectivity index (χ2n) is 10.6. The van der Waals surface area contributed by atoms with Gasteiger partial charge in [-0.1, -0.05) is 84.9 Å². The van der Waals surface area contributed by atoms with E-state index in [0.29, 0.717) is 0 Å². The molecular formula is C38H26N2O2. The SMILES string of the molecule is N#C/C(=C\C=C\c1ccc(N(c2ccc3c(c2)Cc2ccccc2-3)c2ccc3c(c2)Cc2ccccc2-3)cc1)C(=O)O. The van der Waals surface area contributed by atoms with E-state index in [1.807, 2.05) is 12.1 Å². The van der Waals surface area contributed by atoms with Crippen LogP contribution in [-0.4, -0.2) is 11.1 Å². The fourth-order valence-electron chi connectivity index (χ4n) is 6.13. The van der Waals surface area contributed by atoms with Gasteiger partial charge in [0, 0.05) is 17.1 Å². The lowest BCUT2D eigenvalue weighted by molar-refractivity contribution is -0.132. The number of rotatable bonds is 6. The lowest BCUT2D eigenvalue weighted by atomic mass is 10.0. The third-order valence-electron chi connectivity index (χ3n) is 8.12. The number of benzene rings is 5. The summed E-state index contributed by atoms with van der Waals surface area (Å²) < 4.78 is 0. The fraction of sp³-hybridized carbons (Fsp3) is 0.0526. The maximum absolute atomic E-state index is 11.1. The van der Waals surface area contributed by atoms with Crippen LogP contribution in [0.3, 0.4) is 0 Å². The zero-order chi connectivity index (χ0) is 28.6. The Hall–Kier alpha value is -5.66. The van der Waals surface area contributed by atoms with Gasteiger partial charge in [0.15, 0.2) is 0 Å². The average Bonchev–Trinajstić information content (AvgIpc) is 3.57. The first-order valence-corrected chi connectivity index (χ1v) is 13.9. The number of carboxylic acid groups (broad SMARTS) is 1. The highest BCUT2D eigenvalue weighted by atomic mass is 16.4. The zero-order valence-electron chi connectivity index (χ0n) is 22.8. The molecule has 0 heterocycles. The molecule has 0 spiro atoms. The van der Waals surface area contributed by atoms with Crippen LogP contribution in [0.5, 0.6) is 0 Å². The van der Waals surface area contributed by atoms with E-state index in [1.54, 1.807) is 18.2 Å². The van der Waals surface area contributed by atoms with Crippen molar-refractivity contribution in [3.8, 4) is 28.3 Å². The average molecular weight is 543 g/mol. The Bertz CT molecular complexity index is 1880. The van der Waals surface area contributed by atoms with Gasteiger partial charge in [0.25, 0.3) is 0 Å². The molecule has 0 amide bonds. The van der Waals surface area contributed by atoms with E-state index >= 15 is 0 Å². The summed E-state index contributed by atoms with van der Waals surface area (Å²) in [4.78, 5) is 13.4. The molecule has 0 unspecified atom stereocenters. The summed E-state index contributed by atoms with van der Waals surface area (Å²) >= 11 is 0. The van der Waals surface area contributed by atoms with Crippen LogP contribution >= 0.6 is 0 Å². The van der Waals surface area contributed by atoms with Crippen LogP contribution in [0.25, 0.3) is 28.3 Å². The molecule has 0 radical (unpaired) electrons. The van der Waals surface area contributed by atoms with Crippen molar-refractivity contribution in [2.75, 3.05) is 4.90 Å². The summed E-state index contributed by atoms with van der Waals surface area (Å²) in [6, 6.07) is 40.6. The Kier molecular flexibility index (Phi) is 6.26. The van der Waals surface area contributed by atoms with Crippen molar-refractivity contribution < 1.29 is 9.90 Å². The van der Waals surface area contributed by atoms with E-state index in [-0.39, 0.29) is 5.57 Å². The number of carboxylic acids is 1. The lowest BCUT2D eigenvalue weighted by Crippen LogP contribution is -2.10. The van der Waals surface area contributed by atoms with Crippen molar-refractivity contribution in [1.82, 2.24) is 0 Å². The highest BCUT2D eigenvalue weighted by Crippen LogP contribution is 2.44. The van der Waals surface area contributed by atoms with Crippen LogP contribution in [0, 0.1) is 11.3 Å². The molecule has 5 aromatic rings. The Morgan fingerprint density at radius 2 is 1.17 bits per heavy atom. The molecule has 4 heteroatoms. The predicted molar refractivity (Wildman–Crippen MR) is 168 cm³/mol. The van der Waals surface area contributed by atoms with Crippen LogP contribution in [0.15, 0.2) is 127 Å². The van der Waals surface area contributed by atoms with Gasteiger partial charge in [-0.25, -0.2) is 4.79 Å². The highest BCUT2D eigenvalue weighted by Gasteiger charge is 2.23. The summed E-state index contributed by atoms with van der Waals surface area (Å²) in [6.07, 6.45) is 6.55. The van der Waals surface area contributed by atoms with Gasteiger partial charge in [-0.15, -0.1) is 0 Å².